The molecule has 0 saturated carbocycles. The van der Waals surface area contributed by atoms with Crippen LogP contribution >= 0.6 is 0 Å². The zero-order valence-electron chi connectivity index (χ0n) is 11.0. The number of benzene rings is 1. The van der Waals surface area contributed by atoms with Crippen LogP contribution in [0.25, 0.3) is 0 Å². The van der Waals surface area contributed by atoms with Gasteiger partial charge in [0, 0.05) is 13.0 Å². The summed E-state index contributed by atoms with van der Waals surface area (Å²) in [5.41, 5.74) is 0.376. The summed E-state index contributed by atoms with van der Waals surface area (Å²) in [6, 6.07) is 7.44. The first-order valence-corrected chi connectivity index (χ1v) is 7.59. The van der Waals surface area contributed by atoms with Gasteiger partial charge in [-0.2, -0.15) is 5.26 Å². The second-order valence-corrected chi connectivity index (χ2v) is 6.13. The Morgan fingerprint density at radius 2 is 2.00 bits per heavy atom. The third-order valence-electron chi connectivity index (χ3n) is 2.90. The minimum Gasteiger partial charge on any atom is -0.481 e. The summed E-state index contributed by atoms with van der Waals surface area (Å²) in [5.74, 6) is -1.20. The van der Waals surface area contributed by atoms with Crippen molar-refractivity contribution in [3.8, 4) is 6.07 Å². The fraction of sp³-hybridized carbons (Fsp3) is 0.385. The molecule has 1 atom stereocenters. The Morgan fingerprint density at radius 3 is 2.45 bits per heavy atom. The lowest BCUT2D eigenvalue weighted by atomic mass is 10.0. The van der Waals surface area contributed by atoms with Crippen LogP contribution in [0.4, 0.5) is 0 Å². The quantitative estimate of drug-likeness (QED) is 0.789. The zero-order valence-corrected chi connectivity index (χ0v) is 11.9. The molecule has 0 bridgehead atoms. The molecule has 0 aromatic heterocycles. The highest BCUT2D eigenvalue weighted by molar-refractivity contribution is 7.89. The van der Waals surface area contributed by atoms with Crippen molar-refractivity contribution < 1.29 is 18.3 Å². The van der Waals surface area contributed by atoms with Crippen molar-refractivity contribution in [3.63, 3.8) is 0 Å². The van der Waals surface area contributed by atoms with Gasteiger partial charge in [0.05, 0.1) is 16.5 Å². The molecule has 0 fully saturated rings. The minimum absolute atomic E-state index is 0.0571. The van der Waals surface area contributed by atoms with Gasteiger partial charge in [0.2, 0.25) is 10.0 Å². The molecule has 20 heavy (non-hydrogen) atoms. The molecule has 2 N–H and O–H groups in total. The SMILES string of the molecule is CCC(CNS(=O)(=O)c1ccc(C#N)cc1)CC(=O)O. The third-order valence-corrected chi connectivity index (χ3v) is 4.34. The molecule has 1 unspecified atom stereocenters. The van der Waals surface area contributed by atoms with Crippen molar-refractivity contribution in [2.45, 2.75) is 24.7 Å². The lowest BCUT2D eigenvalue weighted by Gasteiger charge is -2.13. The number of nitriles is 1. The molecule has 0 amide bonds. The first-order valence-electron chi connectivity index (χ1n) is 6.10. The summed E-state index contributed by atoms with van der Waals surface area (Å²) >= 11 is 0. The molecule has 0 spiro atoms. The molecule has 1 aromatic carbocycles. The number of carboxylic acids is 1. The summed E-state index contributed by atoms with van der Waals surface area (Å²) in [4.78, 5) is 10.7. The zero-order chi connectivity index (χ0) is 15.2. The van der Waals surface area contributed by atoms with E-state index in [1.54, 1.807) is 0 Å². The molecule has 0 aliphatic rings. The molecule has 7 heteroatoms. The highest BCUT2D eigenvalue weighted by Gasteiger charge is 2.17. The molecule has 0 heterocycles. The Morgan fingerprint density at radius 1 is 1.40 bits per heavy atom. The van der Waals surface area contributed by atoms with Gasteiger partial charge >= 0.3 is 5.97 Å². The molecule has 0 aliphatic heterocycles. The van der Waals surface area contributed by atoms with Crippen LogP contribution < -0.4 is 4.72 Å². The van der Waals surface area contributed by atoms with Crippen molar-refractivity contribution in [2.24, 2.45) is 5.92 Å². The van der Waals surface area contributed by atoms with Gasteiger partial charge in [-0.15, -0.1) is 0 Å². The van der Waals surface area contributed by atoms with Gasteiger partial charge in [-0.05, 0) is 30.2 Å². The fourth-order valence-electron chi connectivity index (χ4n) is 1.63. The maximum absolute atomic E-state index is 12.0. The first-order chi connectivity index (χ1) is 9.39. The fourth-order valence-corrected chi connectivity index (χ4v) is 2.74. The molecule has 1 aromatic rings. The molecule has 0 saturated heterocycles. The summed E-state index contributed by atoms with van der Waals surface area (Å²) in [6.45, 7) is 1.88. The molecular formula is C13H16N2O4S. The lowest BCUT2D eigenvalue weighted by molar-refractivity contribution is -0.138. The highest BCUT2D eigenvalue weighted by Crippen LogP contribution is 2.12. The smallest absolute Gasteiger partial charge is 0.303 e. The van der Waals surface area contributed by atoms with Gasteiger partial charge in [0.25, 0.3) is 0 Å². The number of aliphatic carboxylic acids is 1. The molecular weight excluding hydrogens is 280 g/mol. The Bertz CT molecular complexity index is 602. The number of carbonyl (C=O) groups is 1. The van der Waals surface area contributed by atoms with Crippen LogP contribution in [0.2, 0.25) is 0 Å². The Hall–Kier alpha value is -1.91. The van der Waals surface area contributed by atoms with E-state index in [2.05, 4.69) is 4.72 Å². The second kappa shape index (κ2) is 7.03. The topological polar surface area (TPSA) is 107 Å². The van der Waals surface area contributed by atoms with E-state index in [1.807, 2.05) is 13.0 Å². The lowest BCUT2D eigenvalue weighted by Crippen LogP contribution is -2.30. The maximum Gasteiger partial charge on any atom is 0.303 e. The van der Waals surface area contributed by atoms with Crippen LogP contribution in [0.5, 0.6) is 0 Å². The number of nitrogens with zero attached hydrogens (tertiary/aromatic N) is 1. The van der Waals surface area contributed by atoms with Gasteiger partial charge in [0.15, 0.2) is 0 Å². The summed E-state index contributed by atoms with van der Waals surface area (Å²) in [5, 5.41) is 17.4. The Kier molecular flexibility index (Phi) is 5.67. The molecule has 6 nitrogen and oxygen atoms in total. The van der Waals surface area contributed by atoms with Crippen LogP contribution in [0.3, 0.4) is 0 Å². The average molecular weight is 296 g/mol. The van der Waals surface area contributed by atoms with Gasteiger partial charge < -0.3 is 5.11 Å². The predicted molar refractivity (Wildman–Crippen MR) is 72.4 cm³/mol. The van der Waals surface area contributed by atoms with E-state index in [4.69, 9.17) is 10.4 Å². The predicted octanol–water partition coefficient (Wildman–Crippen LogP) is 1.34. The minimum atomic E-state index is -3.68. The second-order valence-electron chi connectivity index (χ2n) is 4.36. The van der Waals surface area contributed by atoms with Crippen LogP contribution in [-0.4, -0.2) is 26.0 Å². The van der Waals surface area contributed by atoms with Crippen LogP contribution in [0.15, 0.2) is 29.2 Å². The number of hydrogen-bond acceptors (Lipinski definition) is 4. The average Bonchev–Trinajstić information content (AvgIpc) is 2.43. The van der Waals surface area contributed by atoms with Crippen LogP contribution in [0, 0.1) is 17.2 Å². The Balaban J connectivity index is 2.74. The van der Waals surface area contributed by atoms with E-state index in [-0.39, 0.29) is 23.8 Å². The van der Waals surface area contributed by atoms with E-state index in [9.17, 15) is 13.2 Å². The van der Waals surface area contributed by atoms with Crippen molar-refractivity contribution in [1.29, 1.82) is 5.26 Å². The normalized spacial score (nSPS) is 12.6. The monoisotopic (exact) mass is 296 g/mol. The van der Waals surface area contributed by atoms with Gasteiger partial charge in [-0.3, -0.25) is 4.79 Å². The van der Waals surface area contributed by atoms with Gasteiger partial charge in [-0.25, -0.2) is 13.1 Å². The number of hydrogen-bond donors (Lipinski definition) is 2. The highest BCUT2D eigenvalue weighted by atomic mass is 32.2. The number of sulfonamides is 1. The van der Waals surface area contributed by atoms with Crippen molar-refractivity contribution in [3.05, 3.63) is 29.8 Å². The van der Waals surface area contributed by atoms with Crippen molar-refractivity contribution in [1.82, 2.24) is 4.72 Å². The maximum atomic E-state index is 12.0. The first kappa shape index (κ1) is 16.1. The number of carboxylic acid groups (broad SMARTS) is 1. The van der Waals surface area contributed by atoms with E-state index in [1.165, 1.54) is 24.3 Å². The third kappa shape index (κ3) is 4.64. The van der Waals surface area contributed by atoms with Crippen molar-refractivity contribution in [2.75, 3.05) is 6.54 Å². The van der Waals surface area contributed by atoms with E-state index in [0.29, 0.717) is 12.0 Å². The molecule has 108 valence electrons. The van der Waals surface area contributed by atoms with Crippen molar-refractivity contribution >= 4 is 16.0 Å². The molecule has 0 radical (unpaired) electrons. The van der Waals surface area contributed by atoms with Gasteiger partial charge in [0.1, 0.15) is 0 Å². The summed E-state index contributed by atoms with van der Waals surface area (Å²) in [7, 11) is -3.68. The summed E-state index contributed by atoms with van der Waals surface area (Å²) in [6.07, 6.45) is 0.495. The largest absolute Gasteiger partial charge is 0.481 e. The van der Waals surface area contributed by atoms with E-state index in [0.717, 1.165) is 0 Å². The van der Waals surface area contributed by atoms with Crippen LogP contribution in [-0.2, 0) is 14.8 Å². The number of rotatable bonds is 7. The van der Waals surface area contributed by atoms with Crippen LogP contribution in [0.1, 0.15) is 25.3 Å². The number of nitrogens with one attached hydrogen (secondary N) is 1. The summed E-state index contributed by atoms with van der Waals surface area (Å²) < 4.78 is 26.4. The van der Waals surface area contributed by atoms with E-state index < -0.39 is 16.0 Å². The van der Waals surface area contributed by atoms with E-state index >= 15 is 0 Å². The molecule has 1 rings (SSSR count). The Labute approximate surface area is 118 Å². The molecule has 0 aliphatic carbocycles. The standard InChI is InChI=1S/C13H16N2O4S/c1-2-10(7-13(16)17)9-15-20(18,19)12-5-3-11(8-14)4-6-12/h3-6,10,15H,2,7,9H2,1H3,(H,16,17). The van der Waals surface area contributed by atoms with Gasteiger partial charge in [-0.1, -0.05) is 13.3 Å².